The molecule has 3 unspecified atom stereocenters. The summed E-state index contributed by atoms with van der Waals surface area (Å²) in [5.41, 5.74) is 0. The first kappa shape index (κ1) is 57.6. The van der Waals surface area contributed by atoms with Gasteiger partial charge >= 0.3 is 5.97 Å². The van der Waals surface area contributed by atoms with Gasteiger partial charge in [-0.15, -0.1) is 0 Å². The molecule has 3 atom stereocenters. The van der Waals surface area contributed by atoms with Crippen LogP contribution in [0.25, 0.3) is 0 Å². The highest BCUT2D eigenvalue weighted by Gasteiger charge is 2.23. The Hall–Kier alpha value is -2.44. The first-order valence-electron chi connectivity index (χ1n) is 25.5. The van der Waals surface area contributed by atoms with E-state index in [2.05, 4.69) is 74.7 Å². The molecule has 0 spiro atoms. The van der Waals surface area contributed by atoms with Gasteiger partial charge in [0.15, 0.2) is 0 Å². The molecule has 6 heteroatoms. The van der Waals surface area contributed by atoms with E-state index in [0.717, 1.165) is 64.2 Å². The number of hydrogen-bond acceptors (Lipinski definition) is 5. The Kier molecular flexibility index (Phi) is 45.7. The lowest BCUT2D eigenvalue weighted by molar-refractivity contribution is -0.148. The van der Waals surface area contributed by atoms with Crippen LogP contribution in [-0.4, -0.2) is 46.9 Å². The van der Waals surface area contributed by atoms with Gasteiger partial charge in [0, 0.05) is 6.42 Å². The molecule has 1 amide bonds. The van der Waals surface area contributed by atoms with Crippen LogP contribution in [0, 0.1) is 0 Å². The average Bonchev–Trinajstić information content (AvgIpc) is 3.24. The zero-order chi connectivity index (χ0) is 43.8. The summed E-state index contributed by atoms with van der Waals surface area (Å²) in [4.78, 5) is 26.0. The normalized spacial score (nSPS) is 13.8. The van der Waals surface area contributed by atoms with Crippen molar-refractivity contribution >= 4 is 11.9 Å². The van der Waals surface area contributed by atoms with Gasteiger partial charge in [-0.25, -0.2) is 0 Å². The first-order valence-corrected chi connectivity index (χ1v) is 25.5. The Morgan fingerprint density at radius 3 is 1.27 bits per heavy atom. The summed E-state index contributed by atoms with van der Waals surface area (Å²) in [7, 11) is 0. The minimum atomic E-state index is -0.818. The molecule has 0 radical (unpaired) electrons. The van der Waals surface area contributed by atoms with Crippen molar-refractivity contribution in [1.82, 2.24) is 5.32 Å². The molecule has 348 valence electrons. The maximum absolute atomic E-state index is 13.2. The van der Waals surface area contributed by atoms with Crippen molar-refractivity contribution < 1.29 is 24.5 Å². The molecule has 0 aliphatic carbocycles. The molecule has 0 heterocycles. The van der Waals surface area contributed by atoms with Crippen LogP contribution in [0.1, 0.15) is 245 Å². The second-order valence-electron chi connectivity index (χ2n) is 17.2. The fraction of sp³-hybridized carbons (Fsp3) is 0.778. The summed E-state index contributed by atoms with van der Waals surface area (Å²) in [6.07, 6.45) is 58.8. The number of carbonyl (C=O) groups excluding carboxylic acids is 2. The number of aliphatic hydroxyl groups excluding tert-OH is 2. The second-order valence-corrected chi connectivity index (χ2v) is 17.2. The molecule has 0 saturated heterocycles. The van der Waals surface area contributed by atoms with Crippen LogP contribution in [0.15, 0.2) is 60.8 Å². The van der Waals surface area contributed by atoms with E-state index in [0.29, 0.717) is 19.3 Å². The zero-order valence-electron chi connectivity index (χ0n) is 39.6. The van der Waals surface area contributed by atoms with Crippen molar-refractivity contribution in [2.45, 2.75) is 264 Å². The Morgan fingerprint density at radius 2 is 0.867 bits per heavy atom. The molecule has 0 aromatic heterocycles. The number of allylic oxidation sites excluding steroid dienone is 9. The standard InChI is InChI=1S/C54H97NO5/c1-4-7-10-13-16-19-22-25-28-30-33-36-39-42-45-50(60-54(59)47-44-41-38-35-32-29-26-23-20-17-14-11-8-5-2)48-53(58)55-51(49-56)52(57)46-43-40-37-34-31-27-24-21-18-15-12-9-6-3/h7,10,16,19,25,28,33,36,42,45,50-52,56-57H,4-6,8-9,11-15,17-18,20-24,26-27,29-32,34-35,37-41,43-44,46-49H2,1-3H3,(H,55,58)/b10-7+,19-16+,28-25+,36-33+,45-42+. The second kappa shape index (κ2) is 47.6. The highest BCUT2D eigenvalue weighted by molar-refractivity contribution is 5.78. The van der Waals surface area contributed by atoms with Crippen molar-refractivity contribution in [2.75, 3.05) is 6.61 Å². The molecule has 0 bridgehead atoms. The monoisotopic (exact) mass is 840 g/mol. The third-order valence-electron chi connectivity index (χ3n) is 11.4. The molecular weight excluding hydrogens is 743 g/mol. The van der Waals surface area contributed by atoms with Gasteiger partial charge in [0.2, 0.25) is 5.91 Å². The van der Waals surface area contributed by atoms with E-state index in [1.807, 2.05) is 6.08 Å². The van der Waals surface area contributed by atoms with Gasteiger partial charge < -0.3 is 20.3 Å². The molecule has 6 nitrogen and oxygen atoms in total. The lowest BCUT2D eigenvalue weighted by Crippen LogP contribution is -2.46. The fourth-order valence-corrected chi connectivity index (χ4v) is 7.51. The number of rotatable bonds is 45. The Balaban J connectivity index is 4.71. The molecule has 0 rings (SSSR count). The predicted molar refractivity (Wildman–Crippen MR) is 259 cm³/mol. The van der Waals surface area contributed by atoms with Crippen LogP contribution in [0.2, 0.25) is 0 Å². The smallest absolute Gasteiger partial charge is 0.306 e. The lowest BCUT2D eigenvalue weighted by atomic mass is 10.0. The van der Waals surface area contributed by atoms with E-state index in [1.54, 1.807) is 6.08 Å². The Morgan fingerprint density at radius 1 is 0.500 bits per heavy atom. The third kappa shape index (κ3) is 42.3. The van der Waals surface area contributed by atoms with Gasteiger partial charge in [-0.3, -0.25) is 9.59 Å². The van der Waals surface area contributed by atoms with Crippen molar-refractivity contribution in [2.24, 2.45) is 0 Å². The molecule has 3 N–H and O–H groups in total. The van der Waals surface area contributed by atoms with Crippen LogP contribution < -0.4 is 5.32 Å². The van der Waals surface area contributed by atoms with E-state index in [1.165, 1.54) is 135 Å². The predicted octanol–water partition coefficient (Wildman–Crippen LogP) is 15.2. The number of unbranched alkanes of at least 4 members (excludes halogenated alkanes) is 25. The summed E-state index contributed by atoms with van der Waals surface area (Å²) < 4.78 is 5.82. The first-order chi connectivity index (χ1) is 29.5. The van der Waals surface area contributed by atoms with Gasteiger partial charge in [0.1, 0.15) is 6.10 Å². The highest BCUT2D eigenvalue weighted by atomic mass is 16.5. The van der Waals surface area contributed by atoms with Crippen LogP contribution in [0.4, 0.5) is 0 Å². The molecule has 0 aromatic rings. The summed E-state index contributed by atoms with van der Waals surface area (Å²) in [5.74, 6) is -0.623. The van der Waals surface area contributed by atoms with E-state index >= 15 is 0 Å². The Labute approximate surface area is 371 Å². The summed E-state index contributed by atoms with van der Waals surface area (Å²) in [6, 6.07) is -0.741. The SMILES string of the molecule is CC/C=C/C/C=C/C/C=C/C/C=C/C/C=C/C(CC(=O)NC(CO)C(O)CCCCCCCCCCCCCCC)OC(=O)CCCCCCCCCCCCCCCC. The molecule has 0 aromatic carbocycles. The van der Waals surface area contributed by atoms with Crippen molar-refractivity contribution in [3.05, 3.63) is 60.8 Å². The number of carbonyl (C=O) groups is 2. The number of amides is 1. The van der Waals surface area contributed by atoms with E-state index in [4.69, 9.17) is 4.74 Å². The highest BCUT2D eigenvalue weighted by Crippen LogP contribution is 2.16. The summed E-state index contributed by atoms with van der Waals surface area (Å²) in [5, 5.41) is 23.7. The minimum Gasteiger partial charge on any atom is -0.458 e. The molecular formula is C54H97NO5. The minimum absolute atomic E-state index is 0.0445. The number of esters is 1. The number of hydrogen-bond donors (Lipinski definition) is 3. The number of nitrogens with one attached hydrogen (secondary N) is 1. The van der Waals surface area contributed by atoms with Gasteiger partial charge in [-0.1, -0.05) is 242 Å². The van der Waals surface area contributed by atoms with Crippen LogP contribution in [-0.2, 0) is 14.3 Å². The number of ether oxygens (including phenoxy) is 1. The molecule has 60 heavy (non-hydrogen) atoms. The van der Waals surface area contributed by atoms with Gasteiger partial charge in [0.25, 0.3) is 0 Å². The Bertz CT molecular complexity index is 1080. The zero-order valence-corrected chi connectivity index (χ0v) is 39.6. The lowest BCUT2D eigenvalue weighted by Gasteiger charge is -2.23. The summed E-state index contributed by atoms with van der Waals surface area (Å²) in [6.45, 7) is 6.33. The molecule has 0 aliphatic rings. The largest absolute Gasteiger partial charge is 0.458 e. The maximum Gasteiger partial charge on any atom is 0.306 e. The van der Waals surface area contributed by atoms with E-state index in [9.17, 15) is 19.8 Å². The third-order valence-corrected chi connectivity index (χ3v) is 11.4. The molecule has 0 fully saturated rings. The topological polar surface area (TPSA) is 95.9 Å². The average molecular weight is 840 g/mol. The van der Waals surface area contributed by atoms with Gasteiger partial charge in [-0.2, -0.15) is 0 Å². The van der Waals surface area contributed by atoms with Crippen molar-refractivity contribution in [3.8, 4) is 0 Å². The molecule has 0 saturated carbocycles. The van der Waals surface area contributed by atoms with Gasteiger partial charge in [-0.05, 0) is 51.0 Å². The quantitative estimate of drug-likeness (QED) is 0.0322. The van der Waals surface area contributed by atoms with E-state index in [-0.39, 0.29) is 24.9 Å². The summed E-state index contributed by atoms with van der Waals surface area (Å²) >= 11 is 0. The van der Waals surface area contributed by atoms with Crippen LogP contribution >= 0.6 is 0 Å². The maximum atomic E-state index is 13.2. The van der Waals surface area contributed by atoms with Gasteiger partial charge in [0.05, 0.1) is 25.2 Å². The molecule has 0 aliphatic heterocycles. The fourth-order valence-electron chi connectivity index (χ4n) is 7.51. The van der Waals surface area contributed by atoms with Crippen molar-refractivity contribution in [3.63, 3.8) is 0 Å². The van der Waals surface area contributed by atoms with Crippen molar-refractivity contribution in [1.29, 1.82) is 0 Å². The van der Waals surface area contributed by atoms with E-state index < -0.39 is 18.2 Å². The van der Waals surface area contributed by atoms with Crippen LogP contribution in [0.3, 0.4) is 0 Å². The van der Waals surface area contributed by atoms with Crippen LogP contribution in [0.5, 0.6) is 0 Å². The number of aliphatic hydroxyl groups is 2.